The van der Waals surface area contributed by atoms with Crippen molar-refractivity contribution in [3.05, 3.63) is 97.3 Å². The molecule has 4 rings (SSSR count). The van der Waals surface area contributed by atoms with Gasteiger partial charge in [0.2, 0.25) is 5.95 Å². The topological polar surface area (TPSA) is 110 Å². The summed E-state index contributed by atoms with van der Waals surface area (Å²) >= 11 is 0. The van der Waals surface area contributed by atoms with Crippen LogP contribution in [0.4, 0.5) is 11.6 Å². The molecule has 0 spiro atoms. The fourth-order valence-corrected chi connectivity index (χ4v) is 4.06. The summed E-state index contributed by atoms with van der Waals surface area (Å²) in [6.07, 6.45) is 2.11. The highest BCUT2D eigenvalue weighted by Gasteiger charge is 2.18. The molecule has 9 heteroatoms. The SMILES string of the molecule is CC(Oc1ccc(-c2ccccc2)cc1)C(=O)Nc1ccc(S(=O)(=O)Nc2ncccn2)cc1. The summed E-state index contributed by atoms with van der Waals surface area (Å²) < 4.78 is 33.0. The number of nitrogens with zero attached hydrogens (tertiary/aromatic N) is 2. The zero-order chi connectivity index (χ0) is 24.0. The van der Waals surface area contributed by atoms with Crippen LogP contribution in [0, 0.1) is 0 Å². The number of aromatic nitrogens is 2. The average molecular weight is 475 g/mol. The van der Waals surface area contributed by atoms with Crippen molar-refractivity contribution in [3.8, 4) is 16.9 Å². The van der Waals surface area contributed by atoms with Gasteiger partial charge in [-0.3, -0.25) is 4.79 Å². The minimum absolute atomic E-state index is 0.0146. The predicted molar refractivity (Wildman–Crippen MR) is 130 cm³/mol. The van der Waals surface area contributed by atoms with Crippen LogP contribution < -0.4 is 14.8 Å². The van der Waals surface area contributed by atoms with Crippen molar-refractivity contribution in [1.82, 2.24) is 9.97 Å². The molecular formula is C25H22N4O4S. The van der Waals surface area contributed by atoms with Crippen LogP contribution in [0.2, 0.25) is 0 Å². The van der Waals surface area contributed by atoms with E-state index < -0.39 is 16.1 Å². The zero-order valence-corrected chi connectivity index (χ0v) is 19.1. The molecule has 2 N–H and O–H groups in total. The van der Waals surface area contributed by atoms with E-state index in [2.05, 4.69) is 20.0 Å². The highest BCUT2D eigenvalue weighted by atomic mass is 32.2. The lowest BCUT2D eigenvalue weighted by Gasteiger charge is -2.15. The van der Waals surface area contributed by atoms with Crippen molar-refractivity contribution in [3.63, 3.8) is 0 Å². The lowest BCUT2D eigenvalue weighted by atomic mass is 10.1. The van der Waals surface area contributed by atoms with Crippen LogP contribution >= 0.6 is 0 Å². The van der Waals surface area contributed by atoms with E-state index in [0.29, 0.717) is 11.4 Å². The van der Waals surface area contributed by atoms with Gasteiger partial charge in [0.25, 0.3) is 15.9 Å². The molecule has 0 aliphatic heterocycles. The van der Waals surface area contributed by atoms with Crippen LogP contribution in [0.25, 0.3) is 11.1 Å². The van der Waals surface area contributed by atoms with E-state index in [1.807, 2.05) is 54.6 Å². The molecule has 0 aliphatic rings. The molecule has 0 aliphatic carbocycles. The number of ether oxygens (including phenoxy) is 1. The van der Waals surface area contributed by atoms with Crippen LogP contribution in [0.1, 0.15) is 6.92 Å². The maximum absolute atomic E-state index is 12.5. The van der Waals surface area contributed by atoms with Gasteiger partial charge in [-0.25, -0.2) is 23.1 Å². The van der Waals surface area contributed by atoms with E-state index in [-0.39, 0.29) is 16.8 Å². The monoisotopic (exact) mass is 474 g/mol. The third kappa shape index (κ3) is 5.76. The Morgan fingerprint density at radius 3 is 2.09 bits per heavy atom. The average Bonchev–Trinajstić information content (AvgIpc) is 2.86. The molecule has 0 saturated carbocycles. The number of nitrogens with one attached hydrogen (secondary N) is 2. The molecule has 3 aromatic carbocycles. The van der Waals surface area contributed by atoms with Crippen molar-refractivity contribution in [2.24, 2.45) is 0 Å². The van der Waals surface area contributed by atoms with Gasteiger partial charge in [-0.2, -0.15) is 0 Å². The van der Waals surface area contributed by atoms with E-state index in [1.54, 1.807) is 13.0 Å². The first-order chi connectivity index (χ1) is 16.4. The van der Waals surface area contributed by atoms with E-state index in [0.717, 1.165) is 11.1 Å². The Kier molecular flexibility index (Phi) is 6.84. The van der Waals surface area contributed by atoms with Crippen molar-refractivity contribution in [1.29, 1.82) is 0 Å². The molecule has 0 fully saturated rings. The van der Waals surface area contributed by atoms with E-state index >= 15 is 0 Å². The largest absolute Gasteiger partial charge is 0.481 e. The van der Waals surface area contributed by atoms with Crippen molar-refractivity contribution in [2.75, 3.05) is 10.0 Å². The number of hydrogen-bond acceptors (Lipinski definition) is 6. The zero-order valence-electron chi connectivity index (χ0n) is 18.3. The van der Waals surface area contributed by atoms with E-state index in [4.69, 9.17) is 4.74 Å². The number of rotatable bonds is 8. The predicted octanol–water partition coefficient (Wildman–Crippen LogP) is 4.35. The molecule has 1 unspecified atom stereocenters. The lowest BCUT2D eigenvalue weighted by Crippen LogP contribution is -2.30. The minimum atomic E-state index is -3.85. The Hall–Kier alpha value is -4.24. The quantitative estimate of drug-likeness (QED) is 0.393. The number of anilines is 2. The molecule has 1 amide bonds. The molecule has 34 heavy (non-hydrogen) atoms. The summed E-state index contributed by atoms with van der Waals surface area (Å²) in [4.78, 5) is 20.3. The molecule has 8 nitrogen and oxygen atoms in total. The van der Waals surface area contributed by atoms with Gasteiger partial charge in [0.15, 0.2) is 6.10 Å². The van der Waals surface area contributed by atoms with E-state index in [1.165, 1.54) is 36.7 Å². The molecule has 0 bridgehead atoms. The number of sulfonamides is 1. The minimum Gasteiger partial charge on any atom is -0.481 e. The maximum Gasteiger partial charge on any atom is 0.265 e. The summed E-state index contributed by atoms with van der Waals surface area (Å²) in [6.45, 7) is 1.64. The third-order valence-corrected chi connectivity index (χ3v) is 6.21. The lowest BCUT2D eigenvalue weighted by molar-refractivity contribution is -0.122. The third-order valence-electron chi connectivity index (χ3n) is 4.87. The molecule has 1 aromatic heterocycles. The molecule has 4 aromatic rings. The van der Waals surface area contributed by atoms with Gasteiger partial charge in [-0.05, 0) is 60.5 Å². The molecule has 0 saturated heterocycles. The second-order valence-electron chi connectivity index (χ2n) is 7.34. The van der Waals surface area contributed by atoms with Gasteiger partial charge in [-0.1, -0.05) is 42.5 Å². The number of benzene rings is 3. The Balaban J connectivity index is 1.35. The van der Waals surface area contributed by atoms with Gasteiger partial charge in [-0.15, -0.1) is 0 Å². The number of carbonyl (C=O) groups excluding carboxylic acids is 1. The van der Waals surface area contributed by atoms with E-state index in [9.17, 15) is 13.2 Å². The summed E-state index contributed by atoms with van der Waals surface area (Å²) in [6, 6.07) is 24.8. The Morgan fingerprint density at radius 2 is 1.44 bits per heavy atom. The first-order valence-corrected chi connectivity index (χ1v) is 11.9. The molecule has 0 radical (unpaired) electrons. The number of hydrogen-bond donors (Lipinski definition) is 2. The number of amides is 1. The van der Waals surface area contributed by atoms with Crippen LogP contribution in [0.15, 0.2) is 102 Å². The Labute approximate surface area is 197 Å². The van der Waals surface area contributed by atoms with Crippen LogP contribution in [-0.2, 0) is 14.8 Å². The van der Waals surface area contributed by atoms with Gasteiger partial charge in [0, 0.05) is 18.1 Å². The van der Waals surface area contributed by atoms with Gasteiger partial charge >= 0.3 is 0 Å². The van der Waals surface area contributed by atoms with Crippen molar-refractivity contribution < 1.29 is 17.9 Å². The fraction of sp³-hybridized carbons (Fsp3) is 0.0800. The summed E-state index contributed by atoms with van der Waals surface area (Å²) in [7, 11) is -3.85. The van der Waals surface area contributed by atoms with Crippen LogP contribution in [0.3, 0.4) is 0 Å². The first-order valence-electron chi connectivity index (χ1n) is 10.4. The second-order valence-corrected chi connectivity index (χ2v) is 9.02. The van der Waals surface area contributed by atoms with Crippen molar-refractivity contribution >= 4 is 27.6 Å². The Morgan fingerprint density at radius 1 is 0.824 bits per heavy atom. The molecular weight excluding hydrogens is 452 g/mol. The summed E-state index contributed by atoms with van der Waals surface area (Å²) in [5.41, 5.74) is 2.58. The number of carbonyl (C=O) groups is 1. The van der Waals surface area contributed by atoms with Crippen LogP contribution in [-0.4, -0.2) is 30.4 Å². The molecule has 172 valence electrons. The molecule has 1 atom stereocenters. The van der Waals surface area contributed by atoms with Gasteiger partial charge in [0.05, 0.1) is 4.90 Å². The first kappa shape index (κ1) is 22.9. The maximum atomic E-state index is 12.5. The highest BCUT2D eigenvalue weighted by Crippen LogP contribution is 2.23. The smallest absolute Gasteiger partial charge is 0.265 e. The fourth-order valence-electron chi connectivity index (χ4n) is 3.11. The normalized spacial score (nSPS) is 11.9. The summed E-state index contributed by atoms with van der Waals surface area (Å²) in [5, 5.41) is 2.72. The van der Waals surface area contributed by atoms with Crippen LogP contribution in [0.5, 0.6) is 5.75 Å². The standard InChI is InChI=1S/C25H22N4O4S/c1-18(33-22-12-8-20(9-13-22)19-6-3-2-4-7-19)24(30)28-21-10-14-23(15-11-21)34(31,32)29-25-26-16-5-17-27-25/h2-18H,1H3,(H,28,30)(H,26,27,29). The van der Waals surface area contributed by atoms with Gasteiger partial charge in [0.1, 0.15) is 5.75 Å². The Bertz CT molecular complexity index is 1350. The molecule has 1 heterocycles. The summed E-state index contributed by atoms with van der Waals surface area (Å²) in [5.74, 6) is 0.180. The highest BCUT2D eigenvalue weighted by molar-refractivity contribution is 7.92. The van der Waals surface area contributed by atoms with Crippen molar-refractivity contribution in [2.45, 2.75) is 17.9 Å². The van der Waals surface area contributed by atoms with Gasteiger partial charge < -0.3 is 10.1 Å². The second kappa shape index (κ2) is 10.1.